The molecule has 1 amide bonds. The average Bonchev–Trinajstić information content (AvgIpc) is 3.16. The Hall–Kier alpha value is -2.75. The normalized spacial score (nSPS) is 10.8. The van der Waals surface area contributed by atoms with Crippen molar-refractivity contribution in [3.05, 3.63) is 54.0 Å². The Labute approximate surface area is 139 Å². The number of anilines is 1. The minimum Gasteiger partial charge on any atom is -0.467 e. The smallest absolute Gasteiger partial charge is 0.234 e. The van der Waals surface area contributed by atoms with Crippen LogP contribution in [0.2, 0.25) is 0 Å². The molecule has 0 bridgehead atoms. The first-order chi connectivity index (χ1) is 11.6. The maximum Gasteiger partial charge on any atom is 0.234 e. The quantitative estimate of drug-likeness (QED) is 0.686. The molecule has 3 rings (SSSR count). The molecule has 2 aromatic heterocycles. The summed E-state index contributed by atoms with van der Waals surface area (Å²) in [6.45, 7) is 0.332. The van der Waals surface area contributed by atoms with E-state index in [4.69, 9.17) is 4.42 Å². The van der Waals surface area contributed by atoms with E-state index in [2.05, 4.69) is 20.8 Å². The van der Waals surface area contributed by atoms with Gasteiger partial charge in [-0.25, -0.2) is 13.5 Å². The van der Waals surface area contributed by atoms with Crippen LogP contribution in [0.3, 0.4) is 0 Å². The molecule has 0 aliphatic heterocycles. The van der Waals surface area contributed by atoms with E-state index in [0.29, 0.717) is 17.5 Å². The van der Waals surface area contributed by atoms with Gasteiger partial charge in [-0.05, 0) is 34.7 Å². The highest BCUT2D eigenvalue weighted by Crippen LogP contribution is 2.17. The van der Waals surface area contributed by atoms with Crippen molar-refractivity contribution in [2.24, 2.45) is 0 Å². The van der Waals surface area contributed by atoms with Gasteiger partial charge in [0.15, 0.2) is 0 Å². The minimum atomic E-state index is -0.764. The lowest BCUT2D eigenvalue weighted by Crippen LogP contribution is -2.15. The number of nitrogens with zero attached hydrogens (tertiary/aromatic N) is 4. The van der Waals surface area contributed by atoms with Gasteiger partial charge >= 0.3 is 0 Å². The Morgan fingerprint density at radius 3 is 2.79 bits per heavy atom. The molecule has 1 N–H and O–H groups in total. The van der Waals surface area contributed by atoms with Crippen molar-refractivity contribution in [3.8, 4) is 0 Å². The maximum atomic E-state index is 13.1. The van der Waals surface area contributed by atoms with E-state index in [-0.39, 0.29) is 11.4 Å². The molecule has 1 aromatic carbocycles. The Morgan fingerprint density at radius 1 is 1.29 bits per heavy atom. The van der Waals surface area contributed by atoms with Gasteiger partial charge in [-0.1, -0.05) is 11.8 Å². The lowest BCUT2D eigenvalue weighted by Gasteiger charge is -2.05. The highest BCUT2D eigenvalue weighted by molar-refractivity contribution is 7.99. The standard InChI is InChI=1S/C14H11F2N5O2S/c15-9-4-10(16)6-11(5-9)17-13(22)8-24-14-18-19-20-21(14)7-12-2-1-3-23-12/h1-6H,7-8H2,(H,17,22). The molecule has 0 aliphatic carbocycles. The fourth-order valence-corrected chi connectivity index (χ4v) is 2.58. The van der Waals surface area contributed by atoms with Crippen LogP contribution in [0.5, 0.6) is 0 Å². The van der Waals surface area contributed by atoms with Crippen LogP contribution in [0, 0.1) is 11.6 Å². The van der Waals surface area contributed by atoms with E-state index >= 15 is 0 Å². The number of nitrogens with one attached hydrogen (secondary N) is 1. The van der Waals surface area contributed by atoms with Gasteiger partial charge in [0.25, 0.3) is 0 Å². The Morgan fingerprint density at radius 2 is 2.08 bits per heavy atom. The van der Waals surface area contributed by atoms with E-state index in [9.17, 15) is 13.6 Å². The molecule has 0 fully saturated rings. The van der Waals surface area contributed by atoms with Crippen molar-refractivity contribution in [1.82, 2.24) is 20.2 Å². The van der Waals surface area contributed by atoms with Gasteiger partial charge in [-0.3, -0.25) is 4.79 Å². The molecule has 124 valence electrons. The molecule has 3 aromatic rings. The number of thioether (sulfide) groups is 1. The zero-order valence-electron chi connectivity index (χ0n) is 12.1. The van der Waals surface area contributed by atoms with Crippen LogP contribution in [0.25, 0.3) is 0 Å². The van der Waals surface area contributed by atoms with E-state index in [1.165, 1.54) is 10.9 Å². The third-order valence-electron chi connectivity index (χ3n) is 2.86. The van der Waals surface area contributed by atoms with E-state index in [1.807, 2.05) is 0 Å². The van der Waals surface area contributed by atoms with Crippen LogP contribution in [0.4, 0.5) is 14.5 Å². The van der Waals surface area contributed by atoms with Gasteiger partial charge < -0.3 is 9.73 Å². The number of hydrogen-bond donors (Lipinski definition) is 1. The predicted molar refractivity (Wildman–Crippen MR) is 81.3 cm³/mol. The molecule has 2 heterocycles. The van der Waals surface area contributed by atoms with Gasteiger partial charge in [-0.2, -0.15) is 0 Å². The topological polar surface area (TPSA) is 85.8 Å². The summed E-state index contributed by atoms with van der Waals surface area (Å²) in [6, 6.07) is 6.33. The molecule has 0 spiro atoms. The summed E-state index contributed by atoms with van der Waals surface area (Å²) in [4.78, 5) is 11.9. The summed E-state index contributed by atoms with van der Waals surface area (Å²) in [5, 5.41) is 14.0. The monoisotopic (exact) mass is 351 g/mol. The zero-order valence-corrected chi connectivity index (χ0v) is 13.0. The van der Waals surface area contributed by atoms with Crippen LogP contribution >= 0.6 is 11.8 Å². The van der Waals surface area contributed by atoms with E-state index in [0.717, 1.165) is 30.0 Å². The summed E-state index contributed by atoms with van der Waals surface area (Å²) in [5.74, 6) is -1.31. The lowest BCUT2D eigenvalue weighted by atomic mass is 10.3. The molecule has 0 unspecified atom stereocenters. The third kappa shape index (κ3) is 4.16. The van der Waals surface area contributed by atoms with Crippen molar-refractivity contribution < 1.29 is 18.0 Å². The Balaban J connectivity index is 1.57. The molecule has 0 aliphatic rings. The van der Waals surface area contributed by atoms with Crippen LogP contribution in [0.15, 0.2) is 46.2 Å². The van der Waals surface area contributed by atoms with Crippen molar-refractivity contribution >= 4 is 23.4 Å². The number of furan rings is 1. The SMILES string of the molecule is O=C(CSc1nnnn1Cc1ccco1)Nc1cc(F)cc(F)c1. The number of tetrazole rings is 1. The summed E-state index contributed by atoms with van der Waals surface area (Å²) in [7, 11) is 0. The minimum absolute atomic E-state index is 0.0172. The second-order valence-electron chi connectivity index (χ2n) is 4.69. The molecule has 0 radical (unpaired) electrons. The van der Waals surface area contributed by atoms with Gasteiger partial charge in [0.1, 0.15) is 23.9 Å². The molecule has 0 saturated carbocycles. The number of amides is 1. The van der Waals surface area contributed by atoms with Crippen molar-refractivity contribution in [3.63, 3.8) is 0 Å². The molecular weight excluding hydrogens is 340 g/mol. The van der Waals surface area contributed by atoms with Crippen LogP contribution < -0.4 is 5.32 Å². The molecule has 7 nitrogen and oxygen atoms in total. The lowest BCUT2D eigenvalue weighted by molar-refractivity contribution is -0.113. The summed E-state index contributed by atoms with van der Waals surface area (Å²) >= 11 is 1.10. The predicted octanol–water partition coefficient (Wildman–Crippen LogP) is 2.32. The number of aromatic nitrogens is 4. The second-order valence-corrected chi connectivity index (χ2v) is 5.64. The number of carbonyl (C=O) groups is 1. The Kier molecular flexibility index (Phi) is 4.85. The first-order valence-corrected chi connectivity index (χ1v) is 7.76. The van der Waals surface area contributed by atoms with Gasteiger partial charge in [0, 0.05) is 11.8 Å². The highest BCUT2D eigenvalue weighted by Gasteiger charge is 2.12. The van der Waals surface area contributed by atoms with Crippen molar-refractivity contribution in [2.75, 3.05) is 11.1 Å². The van der Waals surface area contributed by atoms with Crippen molar-refractivity contribution in [1.29, 1.82) is 0 Å². The van der Waals surface area contributed by atoms with E-state index < -0.39 is 17.5 Å². The molecule has 0 atom stereocenters. The number of rotatable bonds is 6. The van der Waals surface area contributed by atoms with E-state index in [1.54, 1.807) is 12.1 Å². The first-order valence-electron chi connectivity index (χ1n) is 6.77. The molecular formula is C14H11F2N5O2S. The summed E-state index contributed by atoms with van der Waals surface area (Å²) < 4.78 is 32.9. The van der Waals surface area contributed by atoms with Crippen LogP contribution in [-0.4, -0.2) is 31.9 Å². The molecule has 24 heavy (non-hydrogen) atoms. The van der Waals surface area contributed by atoms with Crippen LogP contribution in [-0.2, 0) is 11.3 Å². The molecule has 0 saturated heterocycles. The third-order valence-corrected chi connectivity index (χ3v) is 3.82. The number of halogens is 2. The number of carbonyl (C=O) groups excluding carboxylic acids is 1. The van der Waals surface area contributed by atoms with Gasteiger partial charge in [0.05, 0.1) is 12.0 Å². The number of hydrogen-bond acceptors (Lipinski definition) is 6. The maximum absolute atomic E-state index is 13.1. The van der Waals surface area contributed by atoms with Gasteiger partial charge in [0.2, 0.25) is 11.1 Å². The molecule has 10 heteroatoms. The largest absolute Gasteiger partial charge is 0.467 e. The second kappa shape index (κ2) is 7.21. The number of benzene rings is 1. The van der Waals surface area contributed by atoms with Crippen molar-refractivity contribution in [2.45, 2.75) is 11.7 Å². The fourth-order valence-electron chi connectivity index (χ4n) is 1.90. The van der Waals surface area contributed by atoms with Crippen LogP contribution in [0.1, 0.15) is 5.76 Å². The highest BCUT2D eigenvalue weighted by atomic mass is 32.2. The summed E-state index contributed by atoms with van der Waals surface area (Å²) in [6.07, 6.45) is 1.54. The Bertz CT molecular complexity index is 817. The first kappa shape index (κ1) is 16.1. The fraction of sp³-hybridized carbons (Fsp3) is 0.143. The summed E-state index contributed by atoms with van der Waals surface area (Å²) in [5.41, 5.74) is 0.0493. The van der Waals surface area contributed by atoms with Gasteiger partial charge in [-0.15, -0.1) is 5.10 Å². The zero-order chi connectivity index (χ0) is 16.9. The average molecular weight is 351 g/mol.